The smallest absolute Gasteiger partial charge is 0.240 e. The molecule has 23 heavy (non-hydrogen) atoms. The number of nitrogens with zero attached hydrogens (tertiary/aromatic N) is 1. The van der Waals surface area contributed by atoms with Gasteiger partial charge in [-0.15, -0.1) is 11.8 Å². The molecule has 2 fully saturated rings. The van der Waals surface area contributed by atoms with Crippen LogP contribution in [0.5, 0.6) is 0 Å². The van der Waals surface area contributed by atoms with Gasteiger partial charge in [0, 0.05) is 24.0 Å². The first-order valence-corrected chi connectivity index (χ1v) is 9.81. The van der Waals surface area contributed by atoms with Crippen LogP contribution >= 0.6 is 11.8 Å². The molecule has 1 aromatic rings. The van der Waals surface area contributed by atoms with Gasteiger partial charge in [0.05, 0.1) is 11.9 Å². The van der Waals surface area contributed by atoms with Crippen molar-refractivity contribution < 1.29 is 4.79 Å². The average molecular weight is 334 g/mol. The molecular formula is C18H27N3OS. The molecule has 0 radical (unpaired) electrons. The van der Waals surface area contributed by atoms with E-state index in [1.165, 1.54) is 31.4 Å². The second-order valence-corrected chi connectivity index (χ2v) is 7.78. The molecule has 3 rings (SSSR count). The van der Waals surface area contributed by atoms with Crippen LogP contribution in [0.2, 0.25) is 0 Å². The lowest BCUT2D eigenvalue weighted by atomic mass is 9.82. The highest BCUT2D eigenvalue weighted by Crippen LogP contribution is 2.30. The number of thioether (sulfide) groups is 1. The van der Waals surface area contributed by atoms with Gasteiger partial charge in [-0.25, -0.2) is 0 Å². The minimum Gasteiger partial charge on any atom is -0.382 e. The number of para-hydroxylation sites is 1. The van der Waals surface area contributed by atoms with Crippen LogP contribution in [0.1, 0.15) is 32.1 Å². The third kappa shape index (κ3) is 4.64. The van der Waals surface area contributed by atoms with Crippen molar-refractivity contribution in [2.75, 3.05) is 23.5 Å². The Morgan fingerprint density at radius 2 is 2.00 bits per heavy atom. The van der Waals surface area contributed by atoms with Crippen LogP contribution in [0.25, 0.3) is 0 Å². The monoisotopic (exact) mass is 333 g/mol. The largest absolute Gasteiger partial charge is 0.382 e. The average Bonchev–Trinajstić information content (AvgIpc) is 3.11. The molecule has 5 heteroatoms. The second-order valence-electron chi connectivity index (χ2n) is 6.71. The van der Waals surface area contributed by atoms with Gasteiger partial charge >= 0.3 is 0 Å². The van der Waals surface area contributed by atoms with Crippen LogP contribution in [-0.2, 0) is 4.79 Å². The van der Waals surface area contributed by atoms with Crippen LogP contribution in [0.15, 0.2) is 30.3 Å². The first-order chi connectivity index (χ1) is 11.2. The fraction of sp³-hybridized carbons (Fsp3) is 0.611. The van der Waals surface area contributed by atoms with E-state index in [-0.39, 0.29) is 11.9 Å². The first-order valence-electron chi connectivity index (χ1n) is 8.66. The van der Waals surface area contributed by atoms with Gasteiger partial charge in [0.15, 0.2) is 0 Å². The highest BCUT2D eigenvalue weighted by molar-refractivity contribution is 7.99. The zero-order chi connectivity index (χ0) is 16.1. The highest BCUT2D eigenvalue weighted by Gasteiger charge is 2.28. The van der Waals surface area contributed by atoms with Crippen molar-refractivity contribution in [2.24, 2.45) is 11.7 Å². The lowest BCUT2D eigenvalue weighted by Crippen LogP contribution is -2.43. The first kappa shape index (κ1) is 16.7. The minimum atomic E-state index is -0.308. The SMILES string of the molecule is NC(CC1CCC(Nc2ccccc2)CC1)C(=O)N1CCSC1. The Bertz CT molecular complexity index is 496. The topological polar surface area (TPSA) is 58.4 Å². The highest BCUT2D eigenvalue weighted by atomic mass is 32.2. The minimum absolute atomic E-state index is 0.152. The van der Waals surface area contributed by atoms with Crippen molar-refractivity contribution in [3.8, 4) is 0 Å². The number of carbonyl (C=O) groups excluding carboxylic acids is 1. The fourth-order valence-corrected chi connectivity index (χ4v) is 4.55. The Balaban J connectivity index is 1.41. The van der Waals surface area contributed by atoms with Crippen molar-refractivity contribution in [3.05, 3.63) is 30.3 Å². The molecule has 3 N–H and O–H groups in total. The van der Waals surface area contributed by atoms with Gasteiger partial charge in [0.2, 0.25) is 5.91 Å². The summed E-state index contributed by atoms with van der Waals surface area (Å²) in [6, 6.07) is 10.7. The number of amides is 1. The van der Waals surface area contributed by atoms with Crippen molar-refractivity contribution in [1.82, 2.24) is 4.90 Å². The van der Waals surface area contributed by atoms with Crippen LogP contribution < -0.4 is 11.1 Å². The fourth-order valence-electron chi connectivity index (χ4n) is 3.59. The van der Waals surface area contributed by atoms with Gasteiger partial charge in [-0.3, -0.25) is 4.79 Å². The van der Waals surface area contributed by atoms with E-state index in [1.807, 2.05) is 22.7 Å². The van der Waals surface area contributed by atoms with Crippen LogP contribution in [0.4, 0.5) is 5.69 Å². The molecule has 1 aromatic carbocycles. The Morgan fingerprint density at radius 3 is 2.65 bits per heavy atom. The summed E-state index contributed by atoms with van der Waals surface area (Å²) in [5, 5.41) is 3.61. The molecule has 0 bridgehead atoms. The lowest BCUT2D eigenvalue weighted by Gasteiger charge is -2.31. The van der Waals surface area contributed by atoms with Gasteiger partial charge in [0.25, 0.3) is 0 Å². The molecule has 1 aliphatic heterocycles. The molecule has 1 atom stereocenters. The quantitative estimate of drug-likeness (QED) is 0.870. The molecule has 2 aliphatic rings. The van der Waals surface area contributed by atoms with E-state index in [0.29, 0.717) is 12.0 Å². The number of hydrogen-bond acceptors (Lipinski definition) is 4. The van der Waals surface area contributed by atoms with Crippen molar-refractivity contribution >= 4 is 23.4 Å². The molecule has 1 unspecified atom stereocenters. The summed E-state index contributed by atoms with van der Waals surface area (Å²) in [5.74, 6) is 2.62. The summed E-state index contributed by atoms with van der Waals surface area (Å²) in [6.07, 6.45) is 5.51. The van der Waals surface area contributed by atoms with Gasteiger partial charge in [-0.05, 0) is 50.2 Å². The number of rotatable bonds is 5. The summed E-state index contributed by atoms with van der Waals surface area (Å²) in [6.45, 7) is 0.866. The number of nitrogens with one attached hydrogen (secondary N) is 1. The van der Waals surface area contributed by atoms with Gasteiger partial charge < -0.3 is 16.0 Å². The molecule has 4 nitrogen and oxygen atoms in total. The second kappa shape index (κ2) is 8.06. The Hall–Kier alpha value is -1.20. The molecule has 1 saturated heterocycles. The number of hydrogen-bond donors (Lipinski definition) is 2. The number of benzene rings is 1. The lowest BCUT2D eigenvalue weighted by molar-refractivity contribution is -0.131. The number of anilines is 1. The molecule has 1 amide bonds. The predicted octanol–water partition coefficient (Wildman–Crippen LogP) is 2.91. The zero-order valence-corrected chi connectivity index (χ0v) is 14.4. The third-order valence-corrected chi connectivity index (χ3v) is 5.93. The molecule has 1 saturated carbocycles. The summed E-state index contributed by atoms with van der Waals surface area (Å²) >= 11 is 1.82. The maximum absolute atomic E-state index is 12.3. The summed E-state index contributed by atoms with van der Waals surface area (Å²) in [7, 11) is 0. The van der Waals surface area contributed by atoms with E-state index >= 15 is 0 Å². The van der Waals surface area contributed by atoms with Crippen molar-refractivity contribution in [2.45, 2.75) is 44.2 Å². The molecular weight excluding hydrogens is 306 g/mol. The van der Waals surface area contributed by atoms with Crippen LogP contribution in [0, 0.1) is 5.92 Å². The predicted molar refractivity (Wildman–Crippen MR) is 97.4 cm³/mol. The normalized spacial score (nSPS) is 26.0. The van der Waals surface area contributed by atoms with Gasteiger partial charge in [-0.1, -0.05) is 18.2 Å². The van der Waals surface area contributed by atoms with Crippen molar-refractivity contribution in [3.63, 3.8) is 0 Å². The van der Waals surface area contributed by atoms with E-state index in [9.17, 15) is 4.79 Å². The maximum Gasteiger partial charge on any atom is 0.240 e. The Kier molecular flexibility index (Phi) is 5.84. The Morgan fingerprint density at radius 1 is 1.26 bits per heavy atom. The zero-order valence-electron chi connectivity index (χ0n) is 13.6. The Labute approximate surface area is 143 Å². The number of nitrogens with two attached hydrogens (primary N) is 1. The number of carbonyl (C=O) groups is 1. The van der Waals surface area contributed by atoms with E-state index < -0.39 is 0 Å². The molecule has 126 valence electrons. The van der Waals surface area contributed by atoms with E-state index in [2.05, 4.69) is 29.6 Å². The standard InChI is InChI=1S/C18H27N3OS/c19-17(18(22)21-10-11-23-13-21)12-14-6-8-16(9-7-14)20-15-4-2-1-3-5-15/h1-5,14,16-17,20H,6-13,19H2. The molecule has 0 spiro atoms. The van der Waals surface area contributed by atoms with Crippen LogP contribution in [-0.4, -0.2) is 41.1 Å². The molecule has 0 aromatic heterocycles. The van der Waals surface area contributed by atoms with Crippen LogP contribution in [0.3, 0.4) is 0 Å². The van der Waals surface area contributed by atoms with Gasteiger partial charge in [0.1, 0.15) is 0 Å². The van der Waals surface area contributed by atoms with Crippen molar-refractivity contribution in [1.29, 1.82) is 0 Å². The van der Waals surface area contributed by atoms with E-state index in [1.54, 1.807) is 0 Å². The molecule has 1 heterocycles. The van der Waals surface area contributed by atoms with E-state index in [4.69, 9.17) is 5.73 Å². The van der Waals surface area contributed by atoms with E-state index in [0.717, 1.165) is 24.6 Å². The third-order valence-electron chi connectivity index (χ3n) is 4.96. The maximum atomic E-state index is 12.3. The summed E-state index contributed by atoms with van der Waals surface area (Å²) < 4.78 is 0. The molecule has 1 aliphatic carbocycles. The summed E-state index contributed by atoms with van der Waals surface area (Å²) in [4.78, 5) is 14.2. The van der Waals surface area contributed by atoms with Gasteiger partial charge in [-0.2, -0.15) is 0 Å². The summed E-state index contributed by atoms with van der Waals surface area (Å²) in [5.41, 5.74) is 7.37.